The lowest BCUT2D eigenvalue weighted by atomic mass is 9.74. The summed E-state index contributed by atoms with van der Waals surface area (Å²) in [6.45, 7) is 6.19. The van der Waals surface area contributed by atoms with Crippen molar-refractivity contribution < 1.29 is 9.59 Å². The molecule has 0 aliphatic heterocycles. The Balaban J connectivity index is 2.64. The van der Waals surface area contributed by atoms with Crippen LogP contribution in [0.2, 0.25) is 0 Å². The average molecular weight is 196 g/mol. The monoisotopic (exact) mass is 196 g/mol. The summed E-state index contributed by atoms with van der Waals surface area (Å²) in [5, 5.41) is 0. The number of carbonyl (C=O) groups is 2. The molecule has 80 valence electrons. The molecule has 0 aromatic carbocycles. The number of hydrogen-bond donors (Lipinski definition) is 0. The summed E-state index contributed by atoms with van der Waals surface area (Å²) in [6.07, 6.45) is 2.88. The summed E-state index contributed by atoms with van der Waals surface area (Å²) in [4.78, 5) is 23.1. The third-order valence-corrected chi connectivity index (χ3v) is 3.37. The highest BCUT2D eigenvalue weighted by molar-refractivity contribution is 6.02. The molecule has 0 bridgehead atoms. The van der Waals surface area contributed by atoms with Gasteiger partial charge in [-0.25, -0.2) is 0 Å². The molecular weight excluding hydrogens is 176 g/mol. The van der Waals surface area contributed by atoms with Gasteiger partial charge < -0.3 is 0 Å². The van der Waals surface area contributed by atoms with E-state index in [-0.39, 0.29) is 17.5 Å². The van der Waals surface area contributed by atoms with Crippen LogP contribution in [-0.2, 0) is 9.59 Å². The molecule has 0 spiro atoms. The van der Waals surface area contributed by atoms with Gasteiger partial charge in [0.05, 0.1) is 5.92 Å². The van der Waals surface area contributed by atoms with Gasteiger partial charge in [0.15, 0.2) is 0 Å². The van der Waals surface area contributed by atoms with Gasteiger partial charge in [0.25, 0.3) is 0 Å². The van der Waals surface area contributed by atoms with E-state index in [0.717, 1.165) is 12.8 Å². The van der Waals surface area contributed by atoms with Crippen molar-refractivity contribution in [1.82, 2.24) is 0 Å². The second-order valence-corrected chi connectivity index (χ2v) is 4.62. The fourth-order valence-electron chi connectivity index (χ4n) is 2.22. The maximum atomic E-state index is 11.5. The van der Waals surface area contributed by atoms with Crippen molar-refractivity contribution in [1.29, 1.82) is 0 Å². The highest BCUT2D eigenvalue weighted by Crippen LogP contribution is 2.32. The second-order valence-electron chi connectivity index (χ2n) is 4.62. The fourth-order valence-corrected chi connectivity index (χ4v) is 2.22. The summed E-state index contributed by atoms with van der Waals surface area (Å²) >= 11 is 0. The predicted octanol–water partition coefficient (Wildman–Crippen LogP) is 2.61. The zero-order valence-electron chi connectivity index (χ0n) is 9.38. The van der Waals surface area contributed by atoms with Crippen molar-refractivity contribution in [3.63, 3.8) is 0 Å². The van der Waals surface area contributed by atoms with Crippen LogP contribution in [0.15, 0.2) is 0 Å². The van der Waals surface area contributed by atoms with Crippen molar-refractivity contribution >= 4 is 11.6 Å². The fraction of sp³-hybridized carbons (Fsp3) is 0.833. The second kappa shape index (κ2) is 4.72. The normalized spacial score (nSPS) is 28.1. The van der Waals surface area contributed by atoms with Gasteiger partial charge in [-0.15, -0.1) is 0 Å². The average Bonchev–Trinajstić information content (AvgIpc) is 2.17. The van der Waals surface area contributed by atoms with Gasteiger partial charge >= 0.3 is 0 Å². The van der Waals surface area contributed by atoms with Gasteiger partial charge in [0, 0.05) is 12.8 Å². The van der Waals surface area contributed by atoms with E-state index in [1.807, 2.05) is 6.92 Å². The molecule has 0 amide bonds. The lowest BCUT2D eigenvalue weighted by molar-refractivity contribution is -0.135. The molecule has 2 atom stereocenters. The molecule has 0 aromatic heterocycles. The number of rotatable bonds is 3. The highest BCUT2D eigenvalue weighted by atomic mass is 16.1. The largest absolute Gasteiger partial charge is 0.299 e. The van der Waals surface area contributed by atoms with E-state index in [1.165, 1.54) is 0 Å². The van der Waals surface area contributed by atoms with Crippen LogP contribution in [0.5, 0.6) is 0 Å². The third-order valence-electron chi connectivity index (χ3n) is 3.37. The Bertz CT molecular complexity index is 222. The maximum absolute atomic E-state index is 11.5. The lowest BCUT2D eigenvalue weighted by Gasteiger charge is -2.29. The van der Waals surface area contributed by atoms with Crippen molar-refractivity contribution in [3.8, 4) is 0 Å². The van der Waals surface area contributed by atoms with Crippen molar-refractivity contribution in [2.75, 3.05) is 0 Å². The molecule has 2 heteroatoms. The zero-order valence-corrected chi connectivity index (χ0v) is 9.38. The molecule has 0 radical (unpaired) electrons. The van der Waals surface area contributed by atoms with Crippen LogP contribution in [0.25, 0.3) is 0 Å². The third kappa shape index (κ3) is 2.43. The van der Waals surface area contributed by atoms with Gasteiger partial charge in [0.2, 0.25) is 0 Å². The molecule has 0 aromatic rings. The SMILES string of the molecule is CCC(=O)C1CC(C(C)C)CCC1=O. The summed E-state index contributed by atoms with van der Waals surface area (Å²) in [6, 6.07) is 0. The van der Waals surface area contributed by atoms with Crippen LogP contribution in [0.3, 0.4) is 0 Å². The van der Waals surface area contributed by atoms with Gasteiger partial charge in [-0.05, 0) is 24.7 Å². The Morgan fingerprint density at radius 1 is 1.50 bits per heavy atom. The molecule has 2 unspecified atom stereocenters. The van der Waals surface area contributed by atoms with Crippen molar-refractivity contribution in [3.05, 3.63) is 0 Å². The van der Waals surface area contributed by atoms with E-state index in [1.54, 1.807) is 0 Å². The molecular formula is C12H20O2. The minimum Gasteiger partial charge on any atom is -0.299 e. The van der Waals surface area contributed by atoms with Gasteiger partial charge in [-0.1, -0.05) is 20.8 Å². The van der Waals surface area contributed by atoms with Crippen LogP contribution in [-0.4, -0.2) is 11.6 Å². The first-order chi connectivity index (χ1) is 6.56. The topological polar surface area (TPSA) is 34.1 Å². The minimum atomic E-state index is -0.277. The Hall–Kier alpha value is -0.660. The molecule has 1 aliphatic carbocycles. The van der Waals surface area contributed by atoms with E-state index >= 15 is 0 Å². The molecule has 0 N–H and O–H groups in total. The van der Waals surface area contributed by atoms with Crippen LogP contribution in [0.4, 0.5) is 0 Å². The van der Waals surface area contributed by atoms with Crippen LogP contribution < -0.4 is 0 Å². The van der Waals surface area contributed by atoms with Crippen LogP contribution >= 0.6 is 0 Å². The predicted molar refractivity (Wildman–Crippen MR) is 56.0 cm³/mol. The van der Waals surface area contributed by atoms with E-state index < -0.39 is 0 Å². The number of Topliss-reactive ketones (excluding diaryl/α,β-unsaturated/α-hetero) is 2. The minimum absolute atomic E-state index is 0.139. The summed E-state index contributed by atoms with van der Waals surface area (Å²) < 4.78 is 0. The molecule has 0 heterocycles. The van der Waals surface area contributed by atoms with Crippen LogP contribution in [0, 0.1) is 17.8 Å². The number of ketones is 2. The van der Waals surface area contributed by atoms with Gasteiger partial charge in [-0.3, -0.25) is 9.59 Å². The first kappa shape index (κ1) is 11.4. The molecule has 14 heavy (non-hydrogen) atoms. The Morgan fingerprint density at radius 2 is 2.14 bits per heavy atom. The molecule has 2 nitrogen and oxygen atoms in total. The zero-order chi connectivity index (χ0) is 10.7. The number of carbonyl (C=O) groups excluding carboxylic acids is 2. The molecule has 1 rings (SSSR count). The molecule has 0 saturated heterocycles. The molecule has 1 aliphatic rings. The quantitative estimate of drug-likeness (QED) is 0.650. The van der Waals surface area contributed by atoms with E-state index in [9.17, 15) is 9.59 Å². The number of hydrogen-bond acceptors (Lipinski definition) is 2. The lowest BCUT2D eigenvalue weighted by Crippen LogP contribution is -2.32. The van der Waals surface area contributed by atoms with E-state index in [4.69, 9.17) is 0 Å². The first-order valence-electron chi connectivity index (χ1n) is 5.61. The van der Waals surface area contributed by atoms with E-state index in [0.29, 0.717) is 24.7 Å². The van der Waals surface area contributed by atoms with Crippen LogP contribution in [0.1, 0.15) is 46.5 Å². The van der Waals surface area contributed by atoms with Crippen molar-refractivity contribution in [2.24, 2.45) is 17.8 Å². The van der Waals surface area contributed by atoms with Crippen molar-refractivity contribution in [2.45, 2.75) is 46.5 Å². The van der Waals surface area contributed by atoms with Gasteiger partial charge in [0.1, 0.15) is 11.6 Å². The highest BCUT2D eigenvalue weighted by Gasteiger charge is 2.33. The first-order valence-corrected chi connectivity index (χ1v) is 5.61. The smallest absolute Gasteiger partial charge is 0.143 e. The summed E-state index contributed by atoms with van der Waals surface area (Å²) in [5.41, 5.74) is 0. The molecule has 1 saturated carbocycles. The maximum Gasteiger partial charge on any atom is 0.143 e. The van der Waals surface area contributed by atoms with Gasteiger partial charge in [-0.2, -0.15) is 0 Å². The molecule has 1 fully saturated rings. The summed E-state index contributed by atoms with van der Waals surface area (Å²) in [5.74, 6) is 1.19. The summed E-state index contributed by atoms with van der Waals surface area (Å²) in [7, 11) is 0. The Morgan fingerprint density at radius 3 is 2.64 bits per heavy atom. The Labute approximate surface area is 86.1 Å². The Kier molecular flexibility index (Phi) is 3.85. The van der Waals surface area contributed by atoms with E-state index in [2.05, 4.69) is 13.8 Å². The standard InChI is InChI=1S/C12H20O2/c1-4-11(13)10-7-9(8(2)3)5-6-12(10)14/h8-10H,4-7H2,1-3H3.